The molecule has 3 heteroatoms. The lowest BCUT2D eigenvalue weighted by atomic mass is 10.1. The summed E-state index contributed by atoms with van der Waals surface area (Å²) in [6, 6.07) is 2.38. The molecule has 0 aromatic carbocycles. The van der Waals surface area contributed by atoms with Crippen molar-refractivity contribution in [2.75, 3.05) is 0 Å². The molecule has 3 nitrogen and oxygen atoms in total. The van der Waals surface area contributed by atoms with E-state index < -0.39 is 0 Å². The molecule has 1 heterocycles. The first-order chi connectivity index (χ1) is 5.59. The van der Waals surface area contributed by atoms with E-state index in [1.165, 1.54) is 5.69 Å². The van der Waals surface area contributed by atoms with Crippen LogP contribution in [0, 0.1) is 6.92 Å². The Morgan fingerprint density at radius 2 is 2.33 bits per heavy atom. The third kappa shape index (κ3) is 2.34. The fourth-order valence-electron chi connectivity index (χ4n) is 1.13. The van der Waals surface area contributed by atoms with Crippen LogP contribution < -0.4 is 5.73 Å². The standard InChI is InChI=1S/C9H17N3/c1-7(10)4-5-9-6-8(2)12(3)11-9/h6-7H,4-5,10H2,1-3H3/t7-/m0/s1. The fourth-order valence-corrected chi connectivity index (χ4v) is 1.13. The highest BCUT2D eigenvalue weighted by atomic mass is 15.3. The lowest BCUT2D eigenvalue weighted by molar-refractivity contribution is 0.643. The van der Waals surface area contributed by atoms with Crippen molar-refractivity contribution in [3.63, 3.8) is 0 Å². The van der Waals surface area contributed by atoms with Crippen LogP contribution in [0.15, 0.2) is 6.07 Å². The average Bonchev–Trinajstić information content (AvgIpc) is 2.28. The molecule has 1 aromatic heterocycles. The van der Waals surface area contributed by atoms with Gasteiger partial charge in [-0.1, -0.05) is 0 Å². The lowest BCUT2D eigenvalue weighted by Gasteiger charge is -2.00. The highest BCUT2D eigenvalue weighted by Crippen LogP contribution is 2.04. The second-order valence-electron chi connectivity index (χ2n) is 3.42. The van der Waals surface area contributed by atoms with Crippen LogP contribution in [0.25, 0.3) is 0 Å². The zero-order valence-electron chi connectivity index (χ0n) is 8.04. The summed E-state index contributed by atoms with van der Waals surface area (Å²) in [5.41, 5.74) is 8.00. The molecule has 2 N–H and O–H groups in total. The normalized spacial score (nSPS) is 13.3. The maximum absolute atomic E-state index is 5.65. The van der Waals surface area contributed by atoms with E-state index in [2.05, 4.69) is 18.1 Å². The van der Waals surface area contributed by atoms with Gasteiger partial charge in [-0.15, -0.1) is 0 Å². The van der Waals surface area contributed by atoms with E-state index in [-0.39, 0.29) is 6.04 Å². The Balaban J connectivity index is 2.53. The van der Waals surface area contributed by atoms with Crippen LogP contribution >= 0.6 is 0 Å². The summed E-state index contributed by atoms with van der Waals surface area (Å²) >= 11 is 0. The van der Waals surface area contributed by atoms with Gasteiger partial charge < -0.3 is 5.73 Å². The van der Waals surface area contributed by atoms with Crippen molar-refractivity contribution in [3.05, 3.63) is 17.5 Å². The van der Waals surface area contributed by atoms with Gasteiger partial charge in [-0.25, -0.2) is 0 Å². The Morgan fingerprint density at radius 1 is 1.67 bits per heavy atom. The number of aryl methyl sites for hydroxylation is 3. The third-order valence-electron chi connectivity index (χ3n) is 2.02. The predicted octanol–water partition coefficient (Wildman–Crippen LogP) is 1.01. The van der Waals surface area contributed by atoms with E-state index in [0.29, 0.717) is 0 Å². The molecule has 12 heavy (non-hydrogen) atoms. The fraction of sp³-hybridized carbons (Fsp3) is 0.667. The number of hydrogen-bond acceptors (Lipinski definition) is 2. The van der Waals surface area contributed by atoms with Gasteiger partial charge in [0.2, 0.25) is 0 Å². The van der Waals surface area contributed by atoms with Gasteiger partial charge >= 0.3 is 0 Å². The Labute approximate surface area is 73.6 Å². The van der Waals surface area contributed by atoms with E-state index in [0.717, 1.165) is 18.5 Å². The smallest absolute Gasteiger partial charge is 0.0627 e. The minimum absolute atomic E-state index is 0.271. The molecule has 68 valence electrons. The lowest BCUT2D eigenvalue weighted by Crippen LogP contribution is -2.15. The zero-order chi connectivity index (χ0) is 9.14. The van der Waals surface area contributed by atoms with Gasteiger partial charge in [-0.3, -0.25) is 4.68 Å². The number of aromatic nitrogens is 2. The summed E-state index contributed by atoms with van der Waals surface area (Å²) < 4.78 is 1.90. The van der Waals surface area contributed by atoms with E-state index in [1.54, 1.807) is 0 Å². The minimum Gasteiger partial charge on any atom is -0.328 e. The molecule has 0 saturated carbocycles. The van der Waals surface area contributed by atoms with Gasteiger partial charge in [0, 0.05) is 18.8 Å². The van der Waals surface area contributed by atoms with Crippen molar-refractivity contribution in [1.29, 1.82) is 0 Å². The first-order valence-corrected chi connectivity index (χ1v) is 4.34. The van der Waals surface area contributed by atoms with Crippen LogP contribution in [-0.4, -0.2) is 15.8 Å². The number of nitrogens with two attached hydrogens (primary N) is 1. The molecule has 0 bridgehead atoms. The molecule has 0 aliphatic heterocycles. The largest absolute Gasteiger partial charge is 0.328 e. The monoisotopic (exact) mass is 167 g/mol. The molecule has 1 rings (SSSR count). The van der Waals surface area contributed by atoms with Crippen molar-refractivity contribution in [1.82, 2.24) is 9.78 Å². The summed E-state index contributed by atoms with van der Waals surface area (Å²) in [5.74, 6) is 0. The Kier molecular flexibility index (Phi) is 2.87. The maximum atomic E-state index is 5.65. The van der Waals surface area contributed by atoms with E-state index in [4.69, 9.17) is 5.73 Å². The van der Waals surface area contributed by atoms with Crippen molar-refractivity contribution in [2.24, 2.45) is 12.8 Å². The quantitative estimate of drug-likeness (QED) is 0.730. The Bertz CT molecular complexity index is 231. The van der Waals surface area contributed by atoms with Gasteiger partial charge in [-0.2, -0.15) is 5.10 Å². The molecule has 1 aromatic rings. The summed E-state index contributed by atoms with van der Waals surface area (Å²) in [6.45, 7) is 4.08. The zero-order valence-corrected chi connectivity index (χ0v) is 8.04. The Hall–Kier alpha value is -0.830. The van der Waals surface area contributed by atoms with Crippen LogP contribution in [0.2, 0.25) is 0 Å². The SMILES string of the molecule is Cc1cc(CC[C@H](C)N)nn1C. The van der Waals surface area contributed by atoms with Gasteiger partial charge in [0.25, 0.3) is 0 Å². The van der Waals surface area contributed by atoms with Crippen LogP contribution in [0.4, 0.5) is 0 Å². The van der Waals surface area contributed by atoms with Crippen molar-refractivity contribution in [2.45, 2.75) is 32.7 Å². The number of rotatable bonds is 3. The van der Waals surface area contributed by atoms with Gasteiger partial charge in [0.15, 0.2) is 0 Å². The van der Waals surface area contributed by atoms with E-state index in [9.17, 15) is 0 Å². The highest BCUT2D eigenvalue weighted by Gasteiger charge is 2.01. The van der Waals surface area contributed by atoms with E-state index in [1.807, 2.05) is 18.7 Å². The van der Waals surface area contributed by atoms with Crippen LogP contribution in [0.1, 0.15) is 24.7 Å². The van der Waals surface area contributed by atoms with Crippen molar-refractivity contribution >= 4 is 0 Å². The average molecular weight is 167 g/mol. The summed E-state index contributed by atoms with van der Waals surface area (Å²) in [7, 11) is 1.96. The number of nitrogens with zero attached hydrogens (tertiary/aromatic N) is 2. The first kappa shape index (κ1) is 9.26. The maximum Gasteiger partial charge on any atom is 0.0627 e. The summed E-state index contributed by atoms with van der Waals surface area (Å²) in [6.07, 6.45) is 2.00. The molecule has 0 aliphatic rings. The molecular weight excluding hydrogens is 150 g/mol. The van der Waals surface area contributed by atoms with Gasteiger partial charge in [0.05, 0.1) is 5.69 Å². The second-order valence-corrected chi connectivity index (χ2v) is 3.42. The van der Waals surface area contributed by atoms with Crippen molar-refractivity contribution < 1.29 is 0 Å². The summed E-state index contributed by atoms with van der Waals surface area (Å²) in [4.78, 5) is 0. The Morgan fingerprint density at radius 3 is 2.75 bits per heavy atom. The molecule has 0 saturated heterocycles. The second kappa shape index (κ2) is 3.72. The predicted molar refractivity (Wildman–Crippen MR) is 49.9 cm³/mol. The third-order valence-corrected chi connectivity index (χ3v) is 2.02. The molecule has 0 aliphatic carbocycles. The van der Waals surface area contributed by atoms with Crippen molar-refractivity contribution in [3.8, 4) is 0 Å². The molecule has 0 spiro atoms. The van der Waals surface area contributed by atoms with Gasteiger partial charge in [-0.05, 0) is 32.8 Å². The highest BCUT2D eigenvalue weighted by molar-refractivity contribution is 5.08. The van der Waals surface area contributed by atoms with Crippen LogP contribution in [0.3, 0.4) is 0 Å². The van der Waals surface area contributed by atoms with E-state index >= 15 is 0 Å². The van der Waals surface area contributed by atoms with Gasteiger partial charge in [0.1, 0.15) is 0 Å². The topological polar surface area (TPSA) is 43.8 Å². The molecule has 0 fully saturated rings. The minimum atomic E-state index is 0.271. The molecule has 0 radical (unpaired) electrons. The molecule has 0 unspecified atom stereocenters. The molecular formula is C9H17N3. The van der Waals surface area contributed by atoms with Crippen LogP contribution in [-0.2, 0) is 13.5 Å². The van der Waals surface area contributed by atoms with Crippen LogP contribution in [0.5, 0.6) is 0 Å². The number of hydrogen-bond donors (Lipinski definition) is 1. The molecule has 1 atom stereocenters. The first-order valence-electron chi connectivity index (χ1n) is 4.34. The molecule has 0 amide bonds. The summed E-state index contributed by atoms with van der Waals surface area (Å²) in [5, 5.41) is 4.34.